The maximum atomic E-state index is 12.2. The van der Waals surface area contributed by atoms with Crippen LogP contribution in [0.15, 0.2) is 0 Å². The van der Waals surface area contributed by atoms with Gasteiger partial charge in [0.1, 0.15) is 0 Å². The number of hydrogen-bond donors (Lipinski definition) is 3. The monoisotopic (exact) mass is 354 g/mol. The van der Waals surface area contributed by atoms with E-state index in [4.69, 9.17) is 17.0 Å². The number of amides is 1. The molecule has 2 aliphatic rings. The number of nitrogens with zero attached hydrogens (tertiary/aromatic N) is 5. The molecule has 1 amide bonds. The number of carbonyl (C=O) groups excluding carboxylic acids is 1. The fourth-order valence-electron chi connectivity index (χ4n) is 2.20. The van der Waals surface area contributed by atoms with E-state index in [0.29, 0.717) is 30.2 Å². The molecule has 1 aromatic rings. The van der Waals surface area contributed by atoms with Crippen LogP contribution in [0.2, 0.25) is 0 Å². The number of anilines is 1. The number of tetrazole rings is 1. The number of morpholine rings is 1. The molecule has 0 bridgehead atoms. The lowest BCUT2D eigenvalue weighted by Gasteiger charge is -2.24. The van der Waals surface area contributed by atoms with Crippen LogP contribution in [0.4, 0.5) is 5.95 Å². The molecule has 3 rings (SSSR count). The first kappa shape index (κ1) is 16.8. The van der Waals surface area contributed by atoms with Crippen molar-refractivity contribution in [2.45, 2.75) is 25.8 Å². The fourth-order valence-corrected chi connectivity index (χ4v) is 2.34. The van der Waals surface area contributed by atoms with Crippen molar-refractivity contribution in [2.24, 2.45) is 5.92 Å². The fraction of sp³-hybridized carbons (Fsp3) is 0.769. The molecule has 1 atom stereocenters. The van der Waals surface area contributed by atoms with E-state index >= 15 is 0 Å². The van der Waals surface area contributed by atoms with Crippen molar-refractivity contribution in [2.75, 3.05) is 37.7 Å². The van der Waals surface area contributed by atoms with Gasteiger partial charge < -0.3 is 15.0 Å². The molecule has 0 spiro atoms. The molecule has 0 radical (unpaired) electrons. The number of aromatic nitrogens is 4. The highest BCUT2D eigenvalue weighted by molar-refractivity contribution is 7.80. The van der Waals surface area contributed by atoms with Crippen LogP contribution in [0.5, 0.6) is 0 Å². The average molecular weight is 354 g/mol. The lowest BCUT2D eigenvalue weighted by atomic mass is 10.3. The van der Waals surface area contributed by atoms with Crippen molar-refractivity contribution in [3.63, 3.8) is 0 Å². The third-order valence-electron chi connectivity index (χ3n) is 3.98. The molecular weight excluding hydrogens is 332 g/mol. The third kappa shape index (κ3) is 4.51. The minimum atomic E-state index is -0.606. The molecule has 1 aliphatic carbocycles. The van der Waals surface area contributed by atoms with E-state index in [2.05, 4.69) is 31.6 Å². The lowest BCUT2D eigenvalue weighted by Crippen LogP contribution is -2.49. The van der Waals surface area contributed by atoms with E-state index in [-0.39, 0.29) is 5.91 Å². The quantitative estimate of drug-likeness (QED) is 0.452. The SMILES string of the molecule is C[C@H](C(=O)NNC(=S)NCC1CC1)n1nnc(N2CCOCC2)n1. The number of nitrogens with one attached hydrogen (secondary N) is 3. The van der Waals surface area contributed by atoms with E-state index in [1.165, 1.54) is 17.6 Å². The first-order valence-corrected chi connectivity index (χ1v) is 8.50. The topological polar surface area (TPSA) is 109 Å². The molecule has 24 heavy (non-hydrogen) atoms. The lowest BCUT2D eigenvalue weighted by molar-refractivity contribution is -0.125. The second kappa shape index (κ2) is 7.71. The van der Waals surface area contributed by atoms with Gasteiger partial charge in [-0.25, -0.2) is 0 Å². The highest BCUT2D eigenvalue weighted by Gasteiger charge is 2.23. The Bertz CT molecular complexity index is 584. The Morgan fingerprint density at radius 1 is 1.38 bits per heavy atom. The molecule has 10 nitrogen and oxygen atoms in total. The van der Waals surface area contributed by atoms with E-state index in [0.717, 1.165) is 19.6 Å². The van der Waals surface area contributed by atoms with Gasteiger partial charge in [0.15, 0.2) is 11.2 Å². The summed E-state index contributed by atoms with van der Waals surface area (Å²) < 4.78 is 5.29. The van der Waals surface area contributed by atoms with Crippen LogP contribution in [0.3, 0.4) is 0 Å². The van der Waals surface area contributed by atoms with E-state index in [1.807, 2.05) is 4.90 Å². The van der Waals surface area contributed by atoms with Crippen molar-refractivity contribution < 1.29 is 9.53 Å². The van der Waals surface area contributed by atoms with Crippen molar-refractivity contribution in [1.29, 1.82) is 0 Å². The molecule has 11 heteroatoms. The molecule has 1 aromatic heterocycles. The van der Waals surface area contributed by atoms with Crippen LogP contribution in [-0.2, 0) is 9.53 Å². The Morgan fingerprint density at radius 3 is 2.83 bits per heavy atom. The van der Waals surface area contributed by atoms with Crippen molar-refractivity contribution >= 4 is 29.2 Å². The second-order valence-corrected chi connectivity index (χ2v) is 6.36. The van der Waals surface area contributed by atoms with Gasteiger partial charge in [0.2, 0.25) is 0 Å². The summed E-state index contributed by atoms with van der Waals surface area (Å²) in [6.07, 6.45) is 2.48. The molecule has 2 fully saturated rings. The zero-order valence-corrected chi connectivity index (χ0v) is 14.4. The van der Waals surface area contributed by atoms with Gasteiger partial charge in [0.05, 0.1) is 13.2 Å². The maximum absolute atomic E-state index is 12.2. The first-order valence-electron chi connectivity index (χ1n) is 8.09. The van der Waals surface area contributed by atoms with Gasteiger partial charge in [0.25, 0.3) is 11.9 Å². The van der Waals surface area contributed by atoms with Gasteiger partial charge >= 0.3 is 0 Å². The van der Waals surface area contributed by atoms with Crippen LogP contribution in [-0.4, -0.2) is 64.1 Å². The van der Waals surface area contributed by atoms with Crippen LogP contribution in [0.1, 0.15) is 25.8 Å². The highest BCUT2D eigenvalue weighted by atomic mass is 32.1. The molecule has 1 aliphatic heterocycles. The summed E-state index contributed by atoms with van der Waals surface area (Å²) in [4.78, 5) is 15.4. The van der Waals surface area contributed by atoms with Crippen LogP contribution in [0, 0.1) is 5.92 Å². The summed E-state index contributed by atoms with van der Waals surface area (Å²) in [5, 5.41) is 15.7. The summed E-state index contributed by atoms with van der Waals surface area (Å²) >= 11 is 5.11. The minimum absolute atomic E-state index is 0.295. The largest absolute Gasteiger partial charge is 0.378 e. The van der Waals surface area contributed by atoms with E-state index in [1.54, 1.807) is 6.92 Å². The molecular formula is C13H22N8O2S. The van der Waals surface area contributed by atoms with Crippen LogP contribution in [0.25, 0.3) is 0 Å². The Labute approximate surface area is 145 Å². The molecule has 2 heterocycles. The number of hydrogen-bond acceptors (Lipinski definition) is 7. The summed E-state index contributed by atoms with van der Waals surface area (Å²) in [6, 6.07) is -0.606. The van der Waals surface area contributed by atoms with E-state index < -0.39 is 6.04 Å². The summed E-state index contributed by atoms with van der Waals surface area (Å²) in [7, 11) is 0. The zero-order chi connectivity index (χ0) is 16.9. The normalized spacial score (nSPS) is 18.8. The summed E-state index contributed by atoms with van der Waals surface area (Å²) in [6.45, 7) is 5.25. The number of rotatable bonds is 5. The second-order valence-electron chi connectivity index (χ2n) is 5.95. The average Bonchev–Trinajstić information content (AvgIpc) is 3.32. The van der Waals surface area contributed by atoms with Crippen LogP contribution >= 0.6 is 12.2 Å². The van der Waals surface area contributed by atoms with Gasteiger partial charge in [-0.1, -0.05) is 5.10 Å². The smallest absolute Gasteiger partial charge is 0.266 e. The standard InChI is InChI=1S/C13H22N8O2S/c1-9(11(22)15-17-13(24)14-8-10-2-3-10)21-18-12(16-19-21)20-4-6-23-7-5-20/h9-10H,2-8H2,1H3,(H,15,22)(H2,14,17,24)/t9-/m1/s1. The maximum Gasteiger partial charge on any atom is 0.266 e. The number of carbonyl (C=O) groups is 1. The number of thiocarbonyl (C=S) groups is 1. The predicted octanol–water partition coefficient (Wildman–Crippen LogP) is -1.02. The minimum Gasteiger partial charge on any atom is -0.378 e. The number of hydrazine groups is 1. The van der Waals surface area contributed by atoms with Gasteiger partial charge in [-0.05, 0) is 43.1 Å². The van der Waals surface area contributed by atoms with Gasteiger partial charge in [-0.3, -0.25) is 15.6 Å². The third-order valence-corrected chi connectivity index (χ3v) is 4.23. The predicted molar refractivity (Wildman–Crippen MR) is 90.2 cm³/mol. The summed E-state index contributed by atoms with van der Waals surface area (Å²) in [5.74, 6) is 0.918. The molecule has 3 N–H and O–H groups in total. The molecule has 0 aromatic carbocycles. The van der Waals surface area contributed by atoms with Crippen molar-refractivity contribution in [3.05, 3.63) is 0 Å². The van der Waals surface area contributed by atoms with Gasteiger partial charge in [0, 0.05) is 19.6 Å². The summed E-state index contributed by atoms with van der Waals surface area (Å²) in [5.41, 5.74) is 5.25. The Morgan fingerprint density at radius 2 is 2.12 bits per heavy atom. The van der Waals surface area contributed by atoms with Gasteiger partial charge in [-0.2, -0.15) is 0 Å². The van der Waals surface area contributed by atoms with Gasteiger partial charge in [-0.15, -0.1) is 9.90 Å². The Balaban J connectivity index is 1.45. The highest BCUT2D eigenvalue weighted by Crippen LogP contribution is 2.27. The Kier molecular flexibility index (Phi) is 5.41. The zero-order valence-electron chi connectivity index (χ0n) is 13.6. The molecule has 132 valence electrons. The Hall–Kier alpha value is -2.01. The van der Waals surface area contributed by atoms with Crippen molar-refractivity contribution in [3.8, 4) is 0 Å². The first-order chi connectivity index (χ1) is 11.6. The molecule has 1 saturated carbocycles. The number of ether oxygens (including phenoxy) is 1. The van der Waals surface area contributed by atoms with Crippen molar-refractivity contribution in [1.82, 2.24) is 36.4 Å². The molecule has 1 saturated heterocycles. The molecule has 0 unspecified atom stereocenters. The van der Waals surface area contributed by atoms with Crippen LogP contribution < -0.4 is 21.1 Å². The van der Waals surface area contributed by atoms with E-state index in [9.17, 15) is 4.79 Å².